The summed E-state index contributed by atoms with van der Waals surface area (Å²) < 4.78 is 15.7. The number of hydrogen-bond acceptors (Lipinski definition) is 5. The number of imidazole rings is 1. The molecule has 1 N–H and O–H groups in total. The van der Waals surface area contributed by atoms with Crippen LogP contribution >= 0.6 is 0 Å². The number of nitriles is 1. The zero-order valence-electron chi connectivity index (χ0n) is 14.2. The number of ether oxygens (including phenoxy) is 3. The molecule has 0 radical (unpaired) electrons. The van der Waals surface area contributed by atoms with Gasteiger partial charge in [0.2, 0.25) is 0 Å². The number of aromatic nitrogens is 2. The maximum atomic E-state index is 9.54. The molecule has 0 bridgehead atoms. The Bertz CT molecular complexity index is 983. The van der Waals surface area contributed by atoms with Crippen LogP contribution in [-0.2, 0) is 0 Å². The summed E-state index contributed by atoms with van der Waals surface area (Å²) >= 11 is 0. The molecular weight excluding hydrogens is 318 g/mol. The van der Waals surface area contributed by atoms with Gasteiger partial charge in [-0.15, -0.1) is 0 Å². The first kappa shape index (κ1) is 16.4. The van der Waals surface area contributed by atoms with Gasteiger partial charge in [0.1, 0.15) is 17.6 Å². The van der Waals surface area contributed by atoms with E-state index >= 15 is 0 Å². The van der Waals surface area contributed by atoms with Crippen molar-refractivity contribution in [3.63, 3.8) is 0 Å². The van der Waals surface area contributed by atoms with Gasteiger partial charge in [0, 0.05) is 6.07 Å². The molecule has 0 unspecified atom stereocenters. The maximum Gasteiger partial charge on any atom is 0.161 e. The van der Waals surface area contributed by atoms with Crippen LogP contribution in [0.4, 0.5) is 0 Å². The van der Waals surface area contributed by atoms with Crippen LogP contribution in [0.3, 0.4) is 0 Å². The molecule has 0 saturated heterocycles. The van der Waals surface area contributed by atoms with Crippen molar-refractivity contribution in [1.82, 2.24) is 9.97 Å². The van der Waals surface area contributed by atoms with Gasteiger partial charge in [-0.25, -0.2) is 4.98 Å². The van der Waals surface area contributed by atoms with Crippen LogP contribution in [0.15, 0.2) is 36.4 Å². The van der Waals surface area contributed by atoms with E-state index < -0.39 is 0 Å². The Morgan fingerprint density at radius 2 is 1.84 bits per heavy atom. The Balaban J connectivity index is 2.02. The largest absolute Gasteiger partial charge is 0.497 e. The zero-order chi connectivity index (χ0) is 17.8. The minimum absolute atomic E-state index is 0.419. The summed E-state index contributed by atoms with van der Waals surface area (Å²) in [6.07, 6.45) is 1.75. The predicted octanol–water partition coefficient (Wildman–Crippen LogP) is 3.65. The summed E-state index contributed by atoms with van der Waals surface area (Å²) in [5.41, 5.74) is 2.81. The third-order valence-corrected chi connectivity index (χ3v) is 3.78. The summed E-state index contributed by atoms with van der Waals surface area (Å²) in [5.74, 6) is 2.46. The zero-order valence-corrected chi connectivity index (χ0v) is 14.2. The lowest BCUT2D eigenvalue weighted by Gasteiger charge is -2.07. The minimum Gasteiger partial charge on any atom is -0.497 e. The first-order valence-corrected chi connectivity index (χ1v) is 7.56. The highest BCUT2D eigenvalue weighted by molar-refractivity contribution is 5.90. The van der Waals surface area contributed by atoms with E-state index in [-0.39, 0.29) is 0 Å². The summed E-state index contributed by atoms with van der Waals surface area (Å²) in [6, 6.07) is 13.2. The molecule has 0 aliphatic carbocycles. The molecule has 0 spiro atoms. The highest BCUT2D eigenvalue weighted by Crippen LogP contribution is 2.29. The van der Waals surface area contributed by atoms with Crippen molar-refractivity contribution in [3.05, 3.63) is 47.8 Å². The predicted molar refractivity (Wildman–Crippen MR) is 95.7 cm³/mol. The van der Waals surface area contributed by atoms with Crippen molar-refractivity contribution in [2.45, 2.75) is 0 Å². The second-order valence-electron chi connectivity index (χ2n) is 5.25. The van der Waals surface area contributed by atoms with Crippen LogP contribution in [0.2, 0.25) is 0 Å². The second kappa shape index (κ2) is 6.97. The van der Waals surface area contributed by atoms with Gasteiger partial charge >= 0.3 is 0 Å². The molecule has 2 aromatic carbocycles. The number of nitrogens with zero attached hydrogens (tertiary/aromatic N) is 2. The first-order chi connectivity index (χ1) is 12.2. The molecule has 1 heterocycles. The average molecular weight is 335 g/mol. The van der Waals surface area contributed by atoms with E-state index in [1.807, 2.05) is 30.3 Å². The van der Waals surface area contributed by atoms with Crippen LogP contribution in [0.5, 0.6) is 17.2 Å². The fourth-order valence-corrected chi connectivity index (χ4v) is 2.51. The number of benzene rings is 2. The van der Waals surface area contributed by atoms with E-state index in [0.717, 1.165) is 22.3 Å². The van der Waals surface area contributed by atoms with Gasteiger partial charge in [0.25, 0.3) is 0 Å². The lowest BCUT2D eigenvalue weighted by atomic mass is 10.1. The van der Waals surface area contributed by atoms with Crippen LogP contribution in [0, 0.1) is 11.3 Å². The topological polar surface area (TPSA) is 80.2 Å². The van der Waals surface area contributed by atoms with Crippen molar-refractivity contribution in [3.8, 4) is 23.3 Å². The minimum atomic E-state index is 0.419. The number of aromatic amines is 1. The van der Waals surface area contributed by atoms with E-state index in [1.54, 1.807) is 33.5 Å². The summed E-state index contributed by atoms with van der Waals surface area (Å²) in [4.78, 5) is 7.63. The Labute approximate surface area is 145 Å². The Morgan fingerprint density at radius 1 is 1.04 bits per heavy atom. The molecule has 3 aromatic rings. The number of nitrogens with one attached hydrogen (secondary N) is 1. The molecule has 0 aliphatic heterocycles. The van der Waals surface area contributed by atoms with Gasteiger partial charge in [-0.2, -0.15) is 5.26 Å². The Hall–Kier alpha value is -3.46. The summed E-state index contributed by atoms with van der Waals surface area (Å²) in [5, 5.41) is 9.54. The Kier molecular flexibility index (Phi) is 4.57. The van der Waals surface area contributed by atoms with Crippen LogP contribution in [0.25, 0.3) is 22.7 Å². The fraction of sp³-hybridized carbons (Fsp3) is 0.158. The number of fused-ring (bicyclic) bond motifs is 1. The van der Waals surface area contributed by atoms with E-state index in [4.69, 9.17) is 14.2 Å². The fourth-order valence-electron chi connectivity index (χ4n) is 2.51. The summed E-state index contributed by atoms with van der Waals surface area (Å²) in [7, 11) is 4.76. The molecule has 0 fully saturated rings. The second-order valence-corrected chi connectivity index (χ2v) is 5.25. The van der Waals surface area contributed by atoms with E-state index in [9.17, 15) is 5.26 Å². The number of hydrogen-bond donors (Lipinski definition) is 1. The number of rotatable bonds is 5. The van der Waals surface area contributed by atoms with Crippen LogP contribution in [0.1, 0.15) is 11.4 Å². The van der Waals surface area contributed by atoms with Gasteiger partial charge in [-0.05, 0) is 35.9 Å². The van der Waals surface area contributed by atoms with Crippen LogP contribution < -0.4 is 14.2 Å². The number of H-pyrrole nitrogens is 1. The molecule has 1 aromatic heterocycles. The molecule has 0 atom stereocenters. The van der Waals surface area contributed by atoms with Gasteiger partial charge in [0.05, 0.1) is 37.9 Å². The standard InChI is InChI=1S/C19H17N3O3/c1-23-14-5-6-15-16(10-14)22-19(21-15)13(11-20)8-12-4-7-17(24-2)18(9-12)25-3/h4-10H,1-3H3,(H,21,22)/b13-8-. The Morgan fingerprint density at radius 3 is 2.52 bits per heavy atom. The van der Waals surface area contributed by atoms with Gasteiger partial charge < -0.3 is 19.2 Å². The smallest absolute Gasteiger partial charge is 0.161 e. The van der Waals surface area contributed by atoms with Crippen molar-refractivity contribution in [2.75, 3.05) is 21.3 Å². The lowest BCUT2D eigenvalue weighted by Crippen LogP contribution is -1.91. The van der Waals surface area contributed by atoms with E-state index in [1.165, 1.54) is 0 Å². The van der Waals surface area contributed by atoms with Gasteiger partial charge in [-0.3, -0.25) is 0 Å². The third-order valence-electron chi connectivity index (χ3n) is 3.78. The molecule has 0 aliphatic rings. The van der Waals surface area contributed by atoms with E-state index in [2.05, 4.69) is 16.0 Å². The average Bonchev–Trinajstić information content (AvgIpc) is 3.08. The first-order valence-electron chi connectivity index (χ1n) is 7.56. The van der Waals surface area contributed by atoms with Gasteiger partial charge in [-0.1, -0.05) is 6.07 Å². The van der Waals surface area contributed by atoms with Gasteiger partial charge in [0.15, 0.2) is 11.5 Å². The monoisotopic (exact) mass is 335 g/mol. The molecule has 0 amide bonds. The third kappa shape index (κ3) is 3.26. The molecule has 126 valence electrons. The van der Waals surface area contributed by atoms with Crippen molar-refractivity contribution >= 4 is 22.7 Å². The SMILES string of the molecule is COc1ccc2nc(/C(C#N)=C\c3ccc(OC)c(OC)c3)[nH]c2c1. The molecule has 0 saturated carbocycles. The quantitative estimate of drug-likeness (QED) is 0.720. The van der Waals surface area contributed by atoms with E-state index in [0.29, 0.717) is 22.9 Å². The highest BCUT2D eigenvalue weighted by Gasteiger charge is 2.10. The molecule has 6 nitrogen and oxygen atoms in total. The van der Waals surface area contributed by atoms with Crippen molar-refractivity contribution < 1.29 is 14.2 Å². The maximum absolute atomic E-state index is 9.54. The van der Waals surface area contributed by atoms with Crippen molar-refractivity contribution in [2.24, 2.45) is 0 Å². The van der Waals surface area contributed by atoms with Crippen LogP contribution in [-0.4, -0.2) is 31.3 Å². The highest BCUT2D eigenvalue weighted by atomic mass is 16.5. The normalized spacial score (nSPS) is 11.2. The van der Waals surface area contributed by atoms with Crippen molar-refractivity contribution in [1.29, 1.82) is 5.26 Å². The number of allylic oxidation sites excluding steroid dienone is 1. The molecular formula is C19H17N3O3. The molecule has 6 heteroatoms. The number of methoxy groups -OCH3 is 3. The molecule has 25 heavy (non-hydrogen) atoms. The molecule has 3 rings (SSSR count). The lowest BCUT2D eigenvalue weighted by molar-refractivity contribution is 0.355. The summed E-state index contributed by atoms with van der Waals surface area (Å²) in [6.45, 7) is 0.